The van der Waals surface area contributed by atoms with E-state index in [1.165, 1.54) is 17.4 Å². The second kappa shape index (κ2) is 5.73. The molecule has 0 saturated heterocycles. The normalized spacial score (nSPS) is 12.7. The van der Waals surface area contributed by atoms with Gasteiger partial charge in [0.2, 0.25) is 0 Å². The predicted molar refractivity (Wildman–Crippen MR) is 71.3 cm³/mol. The molecule has 2 N–H and O–H groups in total. The second-order valence-electron chi connectivity index (χ2n) is 3.93. The maximum absolute atomic E-state index is 13.6. The molecule has 2 rings (SSSR count). The van der Waals surface area contributed by atoms with Crippen LogP contribution in [0.4, 0.5) is 4.39 Å². The van der Waals surface area contributed by atoms with Gasteiger partial charge < -0.3 is 5.73 Å². The number of halogens is 2. The lowest BCUT2D eigenvalue weighted by Crippen LogP contribution is -2.07. The zero-order valence-electron chi connectivity index (χ0n) is 9.86. The van der Waals surface area contributed by atoms with Gasteiger partial charge in [-0.25, -0.2) is 4.39 Å². The van der Waals surface area contributed by atoms with Crippen LogP contribution in [0.5, 0.6) is 0 Å². The fourth-order valence-corrected chi connectivity index (χ4v) is 2.68. The molecule has 96 valence electrons. The molecule has 0 aliphatic carbocycles. The fourth-order valence-electron chi connectivity index (χ4n) is 1.51. The van der Waals surface area contributed by atoms with E-state index < -0.39 is 0 Å². The van der Waals surface area contributed by atoms with Crippen LogP contribution in [0.2, 0.25) is 5.02 Å². The maximum Gasteiger partial charge on any atom is 0.134 e. The third-order valence-corrected chi connectivity index (χ3v) is 4.04. The number of nitrogens with two attached hydrogens (primary N) is 1. The highest BCUT2D eigenvalue weighted by atomic mass is 35.5. The Kier molecular flexibility index (Phi) is 4.27. The molecule has 0 saturated carbocycles. The molecule has 0 radical (unpaired) electrons. The van der Waals surface area contributed by atoms with Crippen molar-refractivity contribution in [1.82, 2.24) is 10.2 Å². The highest BCUT2D eigenvalue weighted by Gasteiger charge is 2.14. The minimum Gasteiger partial charge on any atom is -0.322 e. The van der Waals surface area contributed by atoms with Gasteiger partial charge in [-0.2, -0.15) is 0 Å². The summed E-state index contributed by atoms with van der Waals surface area (Å²) in [5.41, 5.74) is 6.32. The van der Waals surface area contributed by atoms with Gasteiger partial charge in [0.25, 0.3) is 0 Å². The van der Waals surface area contributed by atoms with Gasteiger partial charge in [0.05, 0.1) is 6.04 Å². The van der Waals surface area contributed by atoms with Crippen LogP contribution in [-0.4, -0.2) is 10.2 Å². The summed E-state index contributed by atoms with van der Waals surface area (Å²) in [6.07, 6.45) is 1.15. The number of hydrogen-bond donors (Lipinski definition) is 1. The van der Waals surface area contributed by atoms with Crippen molar-refractivity contribution in [3.63, 3.8) is 0 Å². The van der Waals surface area contributed by atoms with Crippen molar-refractivity contribution >= 4 is 22.9 Å². The Bertz CT molecular complexity index is 524. The summed E-state index contributed by atoms with van der Waals surface area (Å²) in [5.74, 6) is -0.320. The van der Waals surface area contributed by atoms with E-state index in [9.17, 15) is 4.39 Å². The number of hydrogen-bond acceptors (Lipinski definition) is 4. The minimum atomic E-state index is -0.320. The predicted octanol–water partition coefficient (Wildman–Crippen LogP) is 3.33. The van der Waals surface area contributed by atoms with E-state index in [0.29, 0.717) is 17.0 Å². The first-order valence-electron chi connectivity index (χ1n) is 5.62. The molecule has 3 nitrogen and oxygen atoms in total. The minimum absolute atomic E-state index is 0.104. The van der Waals surface area contributed by atoms with Crippen LogP contribution in [0.15, 0.2) is 18.2 Å². The van der Waals surface area contributed by atoms with Crippen molar-refractivity contribution in [2.45, 2.75) is 25.8 Å². The molecule has 2 aromatic rings. The Morgan fingerprint density at radius 1 is 1.44 bits per heavy atom. The summed E-state index contributed by atoms with van der Waals surface area (Å²) < 4.78 is 13.6. The molecule has 1 heterocycles. The smallest absolute Gasteiger partial charge is 0.134 e. The van der Waals surface area contributed by atoms with Gasteiger partial charge in [0, 0.05) is 17.0 Å². The Hall–Kier alpha value is -1.04. The SMILES string of the molecule is CCC(N)c1nnc(Cc2c(F)cccc2Cl)s1. The monoisotopic (exact) mass is 285 g/mol. The molecular formula is C12H13ClFN3S. The van der Waals surface area contributed by atoms with Crippen LogP contribution in [0.25, 0.3) is 0 Å². The van der Waals surface area contributed by atoms with Crippen molar-refractivity contribution in [1.29, 1.82) is 0 Å². The average Bonchev–Trinajstić information content (AvgIpc) is 2.81. The summed E-state index contributed by atoms with van der Waals surface area (Å²) in [6, 6.07) is 4.53. The molecule has 1 unspecified atom stereocenters. The summed E-state index contributed by atoms with van der Waals surface area (Å²) in [7, 11) is 0. The molecule has 0 aliphatic heterocycles. The average molecular weight is 286 g/mol. The molecule has 6 heteroatoms. The summed E-state index contributed by atoms with van der Waals surface area (Å²) in [6.45, 7) is 1.99. The molecular weight excluding hydrogens is 273 g/mol. The molecule has 0 fully saturated rings. The topological polar surface area (TPSA) is 51.8 Å². The molecule has 0 aliphatic rings. The van der Waals surface area contributed by atoms with Gasteiger partial charge in [0.15, 0.2) is 0 Å². The van der Waals surface area contributed by atoms with Gasteiger partial charge >= 0.3 is 0 Å². The molecule has 0 spiro atoms. The lowest BCUT2D eigenvalue weighted by Gasteiger charge is -2.03. The molecule has 18 heavy (non-hydrogen) atoms. The molecule has 0 bridgehead atoms. The number of rotatable bonds is 4. The van der Waals surface area contributed by atoms with Gasteiger partial charge in [-0.05, 0) is 18.6 Å². The Morgan fingerprint density at radius 3 is 2.89 bits per heavy atom. The number of nitrogens with zero attached hydrogens (tertiary/aromatic N) is 2. The second-order valence-corrected chi connectivity index (χ2v) is 5.43. The van der Waals surface area contributed by atoms with E-state index >= 15 is 0 Å². The molecule has 1 aromatic heterocycles. The molecule has 1 aromatic carbocycles. The maximum atomic E-state index is 13.6. The van der Waals surface area contributed by atoms with Crippen LogP contribution in [-0.2, 0) is 6.42 Å². The van der Waals surface area contributed by atoms with Crippen LogP contribution >= 0.6 is 22.9 Å². The van der Waals surface area contributed by atoms with E-state index in [0.717, 1.165) is 16.4 Å². The zero-order chi connectivity index (χ0) is 13.1. The van der Waals surface area contributed by atoms with Crippen molar-refractivity contribution in [2.24, 2.45) is 5.73 Å². The van der Waals surface area contributed by atoms with Gasteiger partial charge in [-0.15, -0.1) is 10.2 Å². The van der Waals surface area contributed by atoms with Crippen LogP contribution in [0, 0.1) is 5.82 Å². The van der Waals surface area contributed by atoms with E-state index in [4.69, 9.17) is 17.3 Å². The van der Waals surface area contributed by atoms with Crippen molar-refractivity contribution < 1.29 is 4.39 Å². The van der Waals surface area contributed by atoms with Crippen molar-refractivity contribution in [3.8, 4) is 0 Å². The lowest BCUT2D eigenvalue weighted by molar-refractivity contribution is 0.613. The Labute approximate surface area is 114 Å². The van der Waals surface area contributed by atoms with E-state index in [1.54, 1.807) is 12.1 Å². The standard InChI is InChI=1S/C12H13ClFN3S/c1-2-10(15)12-17-16-11(18-12)6-7-8(13)4-3-5-9(7)14/h3-5,10H,2,6,15H2,1H3. The Morgan fingerprint density at radius 2 is 2.22 bits per heavy atom. The summed E-state index contributed by atoms with van der Waals surface area (Å²) >= 11 is 7.37. The van der Waals surface area contributed by atoms with Crippen LogP contribution < -0.4 is 5.73 Å². The van der Waals surface area contributed by atoms with Crippen molar-refractivity contribution in [2.75, 3.05) is 0 Å². The first kappa shape index (κ1) is 13.4. The van der Waals surface area contributed by atoms with Crippen LogP contribution in [0.1, 0.15) is 35.0 Å². The van der Waals surface area contributed by atoms with Crippen molar-refractivity contribution in [3.05, 3.63) is 44.6 Å². The third-order valence-electron chi connectivity index (χ3n) is 2.63. The first-order valence-corrected chi connectivity index (χ1v) is 6.82. The van der Waals surface area contributed by atoms with Crippen LogP contribution in [0.3, 0.4) is 0 Å². The largest absolute Gasteiger partial charge is 0.322 e. The highest BCUT2D eigenvalue weighted by molar-refractivity contribution is 7.11. The van der Waals surface area contributed by atoms with E-state index in [2.05, 4.69) is 10.2 Å². The number of aromatic nitrogens is 2. The van der Waals surface area contributed by atoms with Gasteiger partial charge in [-0.3, -0.25) is 0 Å². The Balaban J connectivity index is 2.21. The highest BCUT2D eigenvalue weighted by Crippen LogP contribution is 2.25. The molecule has 0 amide bonds. The lowest BCUT2D eigenvalue weighted by atomic mass is 10.1. The summed E-state index contributed by atoms with van der Waals surface area (Å²) in [4.78, 5) is 0. The zero-order valence-corrected chi connectivity index (χ0v) is 11.4. The fraction of sp³-hybridized carbons (Fsp3) is 0.333. The van der Waals surface area contributed by atoms with E-state index in [1.807, 2.05) is 6.92 Å². The quantitative estimate of drug-likeness (QED) is 0.937. The first-order chi connectivity index (χ1) is 8.61. The van der Waals surface area contributed by atoms with Gasteiger partial charge in [0.1, 0.15) is 15.8 Å². The number of benzene rings is 1. The van der Waals surface area contributed by atoms with Gasteiger partial charge in [-0.1, -0.05) is 35.9 Å². The third kappa shape index (κ3) is 2.85. The molecule has 1 atom stereocenters. The summed E-state index contributed by atoms with van der Waals surface area (Å²) in [5, 5.41) is 9.96. The van der Waals surface area contributed by atoms with E-state index in [-0.39, 0.29) is 11.9 Å².